The zero-order valence-corrected chi connectivity index (χ0v) is 15.2. The van der Waals surface area contributed by atoms with E-state index < -0.39 is 0 Å². The second-order valence-corrected chi connectivity index (χ2v) is 7.22. The Morgan fingerprint density at radius 2 is 2.05 bits per heavy atom. The van der Waals surface area contributed by atoms with Crippen molar-refractivity contribution in [3.05, 3.63) is 28.7 Å². The van der Waals surface area contributed by atoms with Crippen molar-refractivity contribution >= 4 is 27.7 Å². The Morgan fingerprint density at radius 3 is 2.77 bits per heavy atom. The summed E-state index contributed by atoms with van der Waals surface area (Å²) in [4.78, 5) is 0. The molecule has 2 rings (SSSR count). The van der Waals surface area contributed by atoms with Gasteiger partial charge in [-0.25, -0.2) is 4.68 Å². The standard InChI is InChI=1S/C15H21BrN4OS/c1-11(2)7-8-21-9-10-22-15-19-18-14(20(15)17)12-5-3-4-6-13(12)16/h3-6,11H,7-10,17H2,1-2H3. The van der Waals surface area contributed by atoms with E-state index in [2.05, 4.69) is 40.0 Å². The molecule has 0 bridgehead atoms. The van der Waals surface area contributed by atoms with Crippen LogP contribution in [0.2, 0.25) is 0 Å². The molecule has 0 saturated heterocycles. The fourth-order valence-electron chi connectivity index (χ4n) is 1.81. The minimum absolute atomic E-state index is 0.649. The average molecular weight is 385 g/mol. The van der Waals surface area contributed by atoms with E-state index in [0.717, 1.165) is 28.8 Å². The first-order chi connectivity index (χ1) is 10.6. The number of nitrogen functional groups attached to an aromatic ring is 1. The molecule has 0 aliphatic rings. The van der Waals surface area contributed by atoms with E-state index in [1.807, 2.05) is 24.3 Å². The van der Waals surface area contributed by atoms with Gasteiger partial charge in [0, 0.05) is 22.4 Å². The van der Waals surface area contributed by atoms with E-state index in [1.54, 1.807) is 11.8 Å². The van der Waals surface area contributed by atoms with Gasteiger partial charge in [-0.2, -0.15) is 0 Å². The third-order valence-corrected chi connectivity index (χ3v) is 4.68. The van der Waals surface area contributed by atoms with Crippen molar-refractivity contribution in [1.82, 2.24) is 14.9 Å². The monoisotopic (exact) mass is 384 g/mol. The van der Waals surface area contributed by atoms with Crippen LogP contribution >= 0.6 is 27.7 Å². The third kappa shape index (κ3) is 4.72. The molecule has 1 aromatic carbocycles. The van der Waals surface area contributed by atoms with Crippen LogP contribution in [-0.4, -0.2) is 33.8 Å². The first-order valence-corrected chi connectivity index (χ1v) is 9.03. The predicted molar refractivity (Wildman–Crippen MR) is 94.3 cm³/mol. The number of hydrogen-bond acceptors (Lipinski definition) is 5. The lowest BCUT2D eigenvalue weighted by Gasteiger charge is -2.07. The van der Waals surface area contributed by atoms with E-state index in [1.165, 1.54) is 4.68 Å². The zero-order chi connectivity index (χ0) is 15.9. The van der Waals surface area contributed by atoms with Gasteiger partial charge in [0.15, 0.2) is 5.82 Å². The van der Waals surface area contributed by atoms with Crippen LogP contribution in [0.3, 0.4) is 0 Å². The number of nitrogens with zero attached hydrogens (tertiary/aromatic N) is 3. The largest absolute Gasteiger partial charge is 0.381 e. The number of rotatable bonds is 8. The highest BCUT2D eigenvalue weighted by Gasteiger charge is 2.13. The summed E-state index contributed by atoms with van der Waals surface area (Å²) in [6.45, 7) is 5.88. The van der Waals surface area contributed by atoms with E-state index in [4.69, 9.17) is 10.6 Å². The van der Waals surface area contributed by atoms with Gasteiger partial charge in [0.2, 0.25) is 5.16 Å². The molecular formula is C15H21BrN4OS. The summed E-state index contributed by atoms with van der Waals surface area (Å²) < 4.78 is 8.06. The van der Waals surface area contributed by atoms with Gasteiger partial charge in [0.1, 0.15) is 0 Å². The van der Waals surface area contributed by atoms with Crippen molar-refractivity contribution in [2.24, 2.45) is 5.92 Å². The summed E-state index contributed by atoms with van der Waals surface area (Å²) in [5.74, 6) is 8.22. The smallest absolute Gasteiger partial charge is 0.210 e. The molecule has 2 N–H and O–H groups in total. The molecule has 0 spiro atoms. The molecule has 5 nitrogen and oxygen atoms in total. The van der Waals surface area contributed by atoms with E-state index in [0.29, 0.717) is 23.5 Å². The molecule has 1 aromatic heterocycles. The third-order valence-electron chi connectivity index (χ3n) is 3.08. The number of aromatic nitrogens is 3. The van der Waals surface area contributed by atoms with Gasteiger partial charge in [-0.15, -0.1) is 10.2 Å². The van der Waals surface area contributed by atoms with E-state index in [9.17, 15) is 0 Å². The van der Waals surface area contributed by atoms with E-state index >= 15 is 0 Å². The maximum absolute atomic E-state index is 6.09. The molecule has 0 aliphatic heterocycles. The second-order valence-electron chi connectivity index (χ2n) is 5.30. The van der Waals surface area contributed by atoms with Crippen LogP contribution in [0.5, 0.6) is 0 Å². The number of halogens is 1. The lowest BCUT2D eigenvalue weighted by atomic mass is 10.1. The van der Waals surface area contributed by atoms with Crippen molar-refractivity contribution in [2.45, 2.75) is 25.4 Å². The fourth-order valence-corrected chi connectivity index (χ4v) is 2.98. The predicted octanol–water partition coefficient (Wildman–Crippen LogP) is 3.58. The first-order valence-electron chi connectivity index (χ1n) is 7.25. The summed E-state index contributed by atoms with van der Waals surface area (Å²) in [5.41, 5.74) is 0.928. The quantitative estimate of drug-likeness (QED) is 0.428. The SMILES string of the molecule is CC(C)CCOCCSc1nnc(-c2ccccc2Br)n1N. The molecule has 0 atom stereocenters. The van der Waals surface area contributed by atoms with Crippen LogP contribution in [0.1, 0.15) is 20.3 Å². The Balaban J connectivity index is 1.88. The normalized spacial score (nSPS) is 11.3. The van der Waals surface area contributed by atoms with Crippen LogP contribution in [0.15, 0.2) is 33.9 Å². The van der Waals surface area contributed by atoms with Crippen LogP contribution in [0.25, 0.3) is 11.4 Å². The highest BCUT2D eigenvalue weighted by atomic mass is 79.9. The molecule has 0 amide bonds. The Bertz CT molecular complexity index is 603. The average Bonchev–Trinajstić information content (AvgIpc) is 2.84. The Hall–Kier alpha value is -1.05. The van der Waals surface area contributed by atoms with Gasteiger partial charge >= 0.3 is 0 Å². The lowest BCUT2D eigenvalue weighted by Crippen LogP contribution is -2.12. The van der Waals surface area contributed by atoms with Crippen LogP contribution in [0.4, 0.5) is 0 Å². The molecule has 120 valence electrons. The highest BCUT2D eigenvalue weighted by molar-refractivity contribution is 9.10. The topological polar surface area (TPSA) is 66.0 Å². The molecule has 22 heavy (non-hydrogen) atoms. The van der Waals surface area contributed by atoms with Gasteiger partial charge in [-0.1, -0.05) is 53.7 Å². The Labute approximate surface area is 143 Å². The maximum atomic E-state index is 6.09. The van der Waals surface area contributed by atoms with Crippen molar-refractivity contribution < 1.29 is 4.74 Å². The van der Waals surface area contributed by atoms with Crippen LogP contribution in [0, 0.1) is 5.92 Å². The first kappa shape index (κ1) is 17.3. The fraction of sp³-hybridized carbons (Fsp3) is 0.467. The molecule has 1 heterocycles. The molecule has 7 heteroatoms. The zero-order valence-electron chi connectivity index (χ0n) is 12.8. The Kier molecular flexibility index (Phi) is 6.72. The number of nitrogens with two attached hydrogens (primary N) is 1. The molecule has 0 fully saturated rings. The molecule has 0 aliphatic carbocycles. The number of thioether (sulfide) groups is 1. The summed E-state index contributed by atoms with van der Waals surface area (Å²) >= 11 is 5.06. The lowest BCUT2D eigenvalue weighted by molar-refractivity contribution is 0.138. The van der Waals surface area contributed by atoms with Gasteiger partial charge in [0.05, 0.1) is 6.61 Å². The molecule has 0 saturated carbocycles. The van der Waals surface area contributed by atoms with Gasteiger partial charge in [-0.3, -0.25) is 0 Å². The number of ether oxygens (including phenoxy) is 1. The summed E-state index contributed by atoms with van der Waals surface area (Å²) in [6, 6.07) is 7.82. The van der Waals surface area contributed by atoms with Gasteiger partial charge < -0.3 is 10.6 Å². The molecule has 0 radical (unpaired) electrons. The Morgan fingerprint density at radius 1 is 1.27 bits per heavy atom. The number of hydrogen-bond donors (Lipinski definition) is 1. The summed E-state index contributed by atoms with van der Waals surface area (Å²) in [6.07, 6.45) is 1.09. The van der Waals surface area contributed by atoms with Crippen LogP contribution in [-0.2, 0) is 4.74 Å². The minimum Gasteiger partial charge on any atom is -0.381 e. The molecular weight excluding hydrogens is 364 g/mol. The van der Waals surface area contributed by atoms with Crippen molar-refractivity contribution in [1.29, 1.82) is 0 Å². The van der Waals surface area contributed by atoms with Crippen molar-refractivity contribution in [2.75, 3.05) is 24.8 Å². The van der Waals surface area contributed by atoms with Crippen LogP contribution < -0.4 is 5.84 Å². The molecule has 0 unspecified atom stereocenters. The minimum atomic E-state index is 0.649. The second kappa shape index (κ2) is 8.55. The van der Waals surface area contributed by atoms with Gasteiger partial charge in [0.25, 0.3) is 0 Å². The molecule has 2 aromatic rings. The summed E-state index contributed by atoms with van der Waals surface area (Å²) in [5, 5.41) is 9.03. The highest BCUT2D eigenvalue weighted by Crippen LogP contribution is 2.27. The van der Waals surface area contributed by atoms with Gasteiger partial charge in [-0.05, 0) is 24.5 Å². The van der Waals surface area contributed by atoms with E-state index in [-0.39, 0.29) is 0 Å². The maximum Gasteiger partial charge on any atom is 0.210 e. The summed E-state index contributed by atoms with van der Waals surface area (Å²) in [7, 11) is 0. The number of benzene rings is 1. The van der Waals surface area contributed by atoms with Crippen molar-refractivity contribution in [3.63, 3.8) is 0 Å². The van der Waals surface area contributed by atoms with Crippen molar-refractivity contribution in [3.8, 4) is 11.4 Å².